The lowest BCUT2D eigenvalue weighted by atomic mass is 10.0. The topological polar surface area (TPSA) is 94.3 Å². The average Bonchev–Trinajstić information content (AvgIpc) is 3.18. The van der Waals surface area contributed by atoms with Gasteiger partial charge >= 0.3 is 0 Å². The van der Waals surface area contributed by atoms with Crippen LogP contribution in [0, 0.1) is 11.3 Å². The Kier molecular flexibility index (Phi) is 6.63. The third-order valence-corrected chi connectivity index (χ3v) is 5.46. The molecule has 33 heavy (non-hydrogen) atoms. The molecule has 0 aromatic heterocycles. The number of aliphatic imine (C=N–C) groups is 1. The summed E-state index contributed by atoms with van der Waals surface area (Å²) in [6.45, 7) is 0.378. The van der Waals surface area contributed by atoms with E-state index in [1.165, 1.54) is 0 Å². The second-order valence-corrected chi connectivity index (χ2v) is 7.67. The molecular weight excluding hydrogens is 436 g/mol. The van der Waals surface area contributed by atoms with Crippen LogP contribution in [0.1, 0.15) is 27.0 Å². The number of nitrogens with zero attached hydrogens (tertiary/aromatic N) is 2. The van der Waals surface area contributed by atoms with E-state index >= 15 is 0 Å². The van der Waals surface area contributed by atoms with Crippen LogP contribution in [0.2, 0.25) is 5.02 Å². The zero-order valence-electron chi connectivity index (χ0n) is 17.5. The van der Waals surface area contributed by atoms with Crippen molar-refractivity contribution in [2.24, 2.45) is 4.99 Å². The second-order valence-electron chi connectivity index (χ2n) is 7.27. The van der Waals surface area contributed by atoms with Gasteiger partial charge in [-0.2, -0.15) is 5.26 Å². The Bertz CT molecular complexity index is 1320. The van der Waals surface area contributed by atoms with Crippen LogP contribution >= 0.6 is 11.6 Å². The molecule has 4 rings (SSSR count). The molecule has 0 spiro atoms. The van der Waals surface area contributed by atoms with Crippen molar-refractivity contribution in [3.63, 3.8) is 0 Å². The van der Waals surface area contributed by atoms with E-state index in [0.29, 0.717) is 34.7 Å². The van der Waals surface area contributed by atoms with Crippen LogP contribution in [0.5, 0.6) is 0 Å². The minimum Gasteiger partial charge on any atom is -0.351 e. The maximum absolute atomic E-state index is 12.8. The number of amides is 2. The van der Waals surface area contributed by atoms with Gasteiger partial charge in [-0.25, -0.2) is 4.99 Å². The fourth-order valence-corrected chi connectivity index (χ4v) is 3.72. The van der Waals surface area contributed by atoms with Crippen molar-refractivity contribution < 1.29 is 9.59 Å². The van der Waals surface area contributed by atoms with Gasteiger partial charge in [0.25, 0.3) is 11.8 Å². The van der Waals surface area contributed by atoms with E-state index in [9.17, 15) is 14.9 Å². The summed E-state index contributed by atoms with van der Waals surface area (Å²) in [5.74, 6) is -0.683. The molecule has 162 valence electrons. The first kappa shape index (κ1) is 22.0. The minimum absolute atomic E-state index is 0.113. The lowest BCUT2D eigenvalue weighted by Crippen LogP contribution is -2.30. The number of nitriles is 1. The summed E-state index contributed by atoms with van der Waals surface area (Å²) in [4.78, 5) is 30.0. The molecule has 0 radical (unpaired) electrons. The monoisotopic (exact) mass is 454 g/mol. The van der Waals surface area contributed by atoms with Crippen LogP contribution in [0.25, 0.3) is 5.70 Å². The maximum atomic E-state index is 12.8. The number of rotatable bonds is 5. The van der Waals surface area contributed by atoms with Gasteiger partial charge in [-0.05, 0) is 24.1 Å². The molecule has 0 saturated heterocycles. The molecule has 3 aromatic rings. The van der Waals surface area contributed by atoms with Crippen LogP contribution in [0.15, 0.2) is 89.4 Å². The van der Waals surface area contributed by atoms with Gasteiger partial charge in [0, 0.05) is 17.7 Å². The molecule has 3 aromatic carbocycles. The largest absolute Gasteiger partial charge is 0.351 e. The Morgan fingerprint density at radius 3 is 2.30 bits per heavy atom. The molecule has 0 aliphatic carbocycles. The van der Waals surface area contributed by atoms with E-state index in [1.54, 1.807) is 48.5 Å². The van der Waals surface area contributed by atoms with Gasteiger partial charge in [-0.15, -0.1) is 0 Å². The smallest absolute Gasteiger partial charge is 0.264 e. The van der Waals surface area contributed by atoms with Crippen LogP contribution in [0.3, 0.4) is 0 Å². The summed E-state index contributed by atoms with van der Waals surface area (Å²) in [6.07, 6.45) is 0.639. The molecular formula is C26H19ClN4O2. The molecule has 2 N–H and O–H groups in total. The molecule has 0 unspecified atom stereocenters. The molecule has 0 fully saturated rings. The molecule has 0 saturated carbocycles. The van der Waals surface area contributed by atoms with Crippen molar-refractivity contribution in [2.75, 3.05) is 6.54 Å². The molecule has 0 bridgehead atoms. The normalized spacial score (nSPS) is 13.4. The highest BCUT2D eigenvalue weighted by Gasteiger charge is 2.27. The first-order chi connectivity index (χ1) is 16.1. The van der Waals surface area contributed by atoms with Gasteiger partial charge < -0.3 is 10.6 Å². The molecule has 7 heteroatoms. The summed E-state index contributed by atoms with van der Waals surface area (Å²) >= 11 is 6.13. The van der Waals surface area contributed by atoms with E-state index in [0.717, 1.165) is 5.56 Å². The number of benzene rings is 3. The number of amidine groups is 1. The SMILES string of the molecule is N#C/C(C(=O)NCCc1ccccc1)=C1/N=C(NC(=O)c2ccccc2Cl)c2ccccc21. The standard InChI is InChI=1S/C26H19ClN4O2/c27-22-13-7-6-12-20(22)26(33)31-24-19-11-5-4-10-18(19)23(30-24)21(16-28)25(32)29-15-14-17-8-2-1-3-9-17/h1-13H,14-15H2,(H,29,32)(H,30,31,33)/b23-21-. The van der Waals surface area contributed by atoms with Crippen molar-refractivity contribution >= 4 is 34.9 Å². The van der Waals surface area contributed by atoms with Crippen LogP contribution in [0.4, 0.5) is 0 Å². The van der Waals surface area contributed by atoms with Crippen LogP contribution in [-0.4, -0.2) is 24.2 Å². The third kappa shape index (κ3) is 4.84. The van der Waals surface area contributed by atoms with Gasteiger partial charge in [-0.1, -0.05) is 78.3 Å². The lowest BCUT2D eigenvalue weighted by molar-refractivity contribution is -0.117. The minimum atomic E-state index is -0.513. The maximum Gasteiger partial charge on any atom is 0.264 e. The quantitative estimate of drug-likeness (QED) is 0.448. The molecule has 1 heterocycles. The summed E-state index contributed by atoms with van der Waals surface area (Å²) < 4.78 is 0. The first-order valence-electron chi connectivity index (χ1n) is 10.3. The Morgan fingerprint density at radius 2 is 1.58 bits per heavy atom. The predicted octanol–water partition coefficient (Wildman–Crippen LogP) is 4.12. The number of nitrogens with one attached hydrogen (secondary N) is 2. The van der Waals surface area contributed by atoms with Crippen molar-refractivity contribution in [2.45, 2.75) is 6.42 Å². The zero-order valence-corrected chi connectivity index (χ0v) is 18.3. The molecule has 2 amide bonds. The first-order valence-corrected chi connectivity index (χ1v) is 10.7. The molecule has 0 atom stereocenters. The summed E-state index contributed by atoms with van der Waals surface area (Å²) in [5.41, 5.74) is 2.71. The highest BCUT2D eigenvalue weighted by atomic mass is 35.5. The number of fused-ring (bicyclic) bond motifs is 1. The van der Waals surface area contributed by atoms with E-state index in [2.05, 4.69) is 15.6 Å². The fraction of sp³-hybridized carbons (Fsp3) is 0.0769. The lowest BCUT2D eigenvalue weighted by Gasteiger charge is -2.07. The van der Waals surface area contributed by atoms with Gasteiger partial charge in [0.15, 0.2) is 0 Å². The third-order valence-electron chi connectivity index (χ3n) is 5.13. The Hall–Kier alpha value is -4.21. The van der Waals surface area contributed by atoms with Gasteiger partial charge in [-0.3, -0.25) is 9.59 Å². The zero-order chi connectivity index (χ0) is 23.2. The van der Waals surface area contributed by atoms with E-state index in [1.807, 2.05) is 36.4 Å². The number of hydrogen-bond donors (Lipinski definition) is 2. The summed E-state index contributed by atoms with van der Waals surface area (Å²) in [5, 5.41) is 15.6. The van der Waals surface area contributed by atoms with Gasteiger partial charge in [0.05, 0.1) is 16.3 Å². The number of halogens is 1. The van der Waals surface area contributed by atoms with Gasteiger partial charge in [0.1, 0.15) is 17.5 Å². The highest BCUT2D eigenvalue weighted by molar-refractivity contribution is 6.34. The van der Waals surface area contributed by atoms with E-state index < -0.39 is 11.8 Å². The average molecular weight is 455 g/mol. The van der Waals surface area contributed by atoms with E-state index in [4.69, 9.17) is 11.6 Å². The number of hydrogen-bond acceptors (Lipinski definition) is 4. The van der Waals surface area contributed by atoms with Crippen molar-refractivity contribution in [3.05, 3.63) is 112 Å². The number of carbonyl (C=O) groups excluding carboxylic acids is 2. The molecule has 1 aliphatic rings. The van der Waals surface area contributed by atoms with E-state index in [-0.39, 0.29) is 17.1 Å². The van der Waals surface area contributed by atoms with Gasteiger partial charge in [0.2, 0.25) is 0 Å². The fourth-order valence-electron chi connectivity index (χ4n) is 3.50. The Balaban J connectivity index is 1.59. The number of carbonyl (C=O) groups is 2. The summed E-state index contributed by atoms with van der Waals surface area (Å²) in [7, 11) is 0. The molecule has 1 aliphatic heterocycles. The van der Waals surface area contributed by atoms with Crippen molar-refractivity contribution in [1.82, 2.24) is 10.6 Å². The predicted molar refractivity (Wildman–Crippen MR) is 128 cm³/mol. The van der Waals surface area contributed by atoms with Crippen LogP contribution < -0.4 is 10.6 Å². The summed E-state index contributed by atoms with van der Waals surface area (Å²) in [6, 6.07) is 25.5. The molecule has 6 nitrogen and oxygen atoms in total. The Morgan fingerprint density at radius 1 is 0.909 bits per heavy atom. The second kappa shape index (κ2) is 9.94. The van der Waals surface area contributed by atoms with Crippen LogP contribution in [-0.2, 0) is 11.2 Å². The highest BCUT2D eigenvalue weighted by Crippen LogP contribution is 2.30. The van der Waals surface area contributed by atoms with Crippen molar-refractivity contribution in [3.8, 4) is 6.07 Å². The Labute approximate surface area is 196 Å². The van der Waals surface area contributed by atoms with Crippen molar-refractivity contribution in [1.29, 1.82) is 5.26 Å².